The van der Waals surface area contributed by atoms with E-state index in [0.717, 1.165) is 0 Å². The fourth-order valence-electron chi connectivity index (χ4n) is 2.77. The van der Waals surface area contributed by atoms with E-state index >= 15 is 0 Å². The molecule has 14 heteroatoms. The lowest BCUT2D eigenvalue weighted by Gasteiger charge is -2.41. The molecule has 9 atom stereocenters. The van der Waals surface area contributed by atoms with Gasteiger partial charge in [-0.2, -0.15) is 0 Å². The molecule has 1 saturated heterocycles. The summed E-state index contributed by atoms with van der Waals surface area (Å²) in [5, 5.41) is 75.6. The standard InChI is InChI=1S/C12H22O11.C7H8N2O/c13-1-4(16)7(18)11(5(17)2-14)23-12-10(21)9(20)8(19)6(3-15)22-12;8-9-7(10)6-4-2-1-3-5-6/h2,4-13,15-21H,1,3H2;1-5H,8H2,(H,9,10)/t4-,5+,6-,7-,8-,9+,10-,11-,12+;/m1./s1. The van der Waals surface area contributed by atoms with E-state index in [1.807, 2.05) is 11.5 Å². The van der Waals surface area contributed by atoms with Gasteiger partial charge in [0.15, 0.2) is 12.6 Å². The first kappa shape index (κ1) is 29.0. The molecular weight excluding hydrogens is 448 g/mol. The predicted molar refractivity (Wildman–Crippen MR) is 108 cm³/mol. The fraction of sp³-hybridized carbons (Fsp3) is 0.579. The first-order valence-electron chi connectivity index (χ1n) is 9.75. The second-order valence-corrected chi connectivity index (χ2v) is 7.00. The first-order valence-corrected chi connectivity index (χ1v) is 9.75. The van der Waals surface area contributed by atoms with E-state index in [-0.39, 0.29) is 12.2 Å². The Labute approximate surface area is 188 Å². The van der Waals surface area contributed by atoms with Crippen LogP contribution in [0.15, 0.2) is 30.3 Å². The third kappa shape index (κ3) is 8.02. The number of aliphatic hydroxyl groups is 8. The Morgan fingerprint density at radius 2 is 1.70 bits per heavy atom. The third-order valence-electron chi connectivity index (χ3n) is 4.70. The Morgan fingerprint density at radius 1 is 1.09 bits per heavy atom. The molecule has 1 aliphatic rings. The Balaban J connectivity index is 0.000000451. The molecule has 188 valence electrons. The number of amides is 1. The second-order valence-electron chi connectivity index (χ2n) is 7.00. The summed E-state index contributed by atoms with van der Waals surface area (Å²) in [5.74, 6) is 4.64. The minimum atomic E-state index is -1.95. The Bertz CT molecular complexity index is 709. The van der Waals surface area contributed by atoms with Gasteiger partial charge in [0.05, 0.1) is 13.2 Å². The zero-order chi connectivity index (χ0) is 25.1. The van der Waals surface area contributed by atoms with Gasteiger partial charge in [-0.05, 0) is 12.1 Å². The summed E-state index contributed by atoms with van der Waals surface area (Å²) in [5.41, 5.74) is 2.62. The summed E-state index contributed by atoms with van der Waals surface area (Å²) in [7, 11) is 0. The minimum absolute atomic E-state index is 0.0119. The largest absolute Gasteiger partial charge is 0.394 e. The minimum Gasteiger partial charge on any atom is -0.394 e. The van der Waals surface area contributed by atoms with Gasteiger partial charge < -0.3 is 55.1 Å². The predicted octanol–water partition coefficient (Wildman–Crippen LogP) is -5.26. The maximum Gasteiger partial charge on any atom is 0.265 e. The molecular formula is C19H30N2O12. The highest BCUT2D eigenvalue weighted by Gasteiger charge is 2.46. The molecule has 0 unspecified atom stereocenters. The number of carbonyl (C=O) groups is 2. The molecule has 1 aromatic carbocycles. The smallest absolute Gasteiger partial charge is 0.265 e. The number of ether oxygens (including phenoxy) is 2. The summed E-state index contributed by atoms with van der Waals surface area (Å²) in [6, 6.07) is 8.80. The van der Waals surface area contributed by atoms with Crippen molar-refractivity contribution in [3.05, 3.63) is 35.9 Å². The molecule has 0 spiro atoms. The van der Waals surface area contributed by atoms with Crippen LogP contribution in [0.2, 0.25) is 0 Å². The third-order valence-corrected chi connectivity index (χ3v) is 4.70. The van der Waals surface area contributed by atoms with Crippen LogP contribution in [0.3, 0.4) is 0 Å². The molecule has 2 rings (SSSR count). The van der Waals surface area contributed by atoms with E-state index in [1.54, 1.807) is 24.3 Å². The van der Waals surface area contributed by atoms with Gasteiger partial charge in [0, 0.05) is 5.56 Å². The van der Waals surface area contributed by atoms with Gasteiger partial charge >= 0.3 is 0 Å². The van der Waals surface area contributed by atoms with Crippen molar-refractivity contribution in [2.75, 3.05) is 13.2 Å². The molecule has 1 fully saturated rings. The average molecular weight is 478 g/mol. The second kappa shape index (κ2) is 14.2. The number of nitrogens with two attached hydrogens (primary N) is 1. The Kier molecular flexibility index (Phi) is 12.5. The average Bonchev–Trinajstić information content (AvgIpc) is 2.85. The van der Waals surface area contributed by atoms with E-state index in [1.165, 1.54) is 0 Å². The maximum atomic E-state index is 10.8. The summed E-state index contributed by atoms with van der Waals surface area (Å²) >= 11 is 0. The number of benzene rings is 1. The Morgan fingerprint density at radius 3 is 2.18 bits per heavy atom. The maximum absolute atomic E-state index is 10.8. The number of rotatable bonds is 9. The van der Waals surface area contributed by atoms with Gasteiger partial charge in [-0.15, -0.1) is 0 Å². The van der Waals surface area contributed by atoms with Crippen LogP contribution < -0.4 is 11.3 Å². The molecule has 1 aromatic rings. The molecule has 1 amide bonds. The highest BCUT2D eigenvalue weighted by atomic mass is 16.7. The molecule has 1 heterocycles. The number of nitrogens with one attached hydrogen (secondary N) is 1. The molecule has 33 heavy (non-hydrogen) atoms. The number of hydrogen-bond donors (Lipinski definition) is 10. The quantitative estimate of drug-likeness (QED) is 0.0690. The van der Waals surface area contributed by atoms with Crippen LogP contribution in [0.5, 0.6) is 0 Å². The van der Waals surface area contributed by atoms with Crippen molar-refractivity contribution in [2.45, 2.75) is 55.1 Å². The Hall–Kier alpha value is -2.08. The fourth-order valence-corrected chi connectivity index (χ4v) is 2.77. The van der Waals surface area contributed by atoms with Crippen LogP contribution >= 0.6 is 0 Å². The van der Waals surface area contributed by atoms with Gasteiger partial charge in [-0.1, -0.05) is 18.2 Å². The number of hydrogen-bond acceptors (Lipinski definition) is 13. The molecule has 0 radical (unpaired) electrons. The van der Waals surface area contributed by atoms with Gasteiger partial charge in [0.2, 0.25) is 0 Å². The zero-order valence-electron chi connectivity index (χ0n) is 17.4. The summed E-state index contributed by atoms with van der Waals surface area (Å²) in [6.45, 7) is -1.63. The monoisotopic (exact) mass is 478 g/mol. The van der Waals surface area contributed by atoms with Gasteiger partial charge in [-0.3, -0.25) is 10.2 Å². The molecule has 1 aliphatic heterocycles. The van der Waals surface area contributed by atoms with Crippen LogP contribution in [0.25, 0.3) is 0 Å². The van der Waals surface area contributed by atoms with Gasteiger partial charge in [-0.25, -0.2) is 5.84 Å². The number of aliphatic hydroxyl groups excluding tert-OH is 8. The summed E-state index contributed by atoms with van der Waals surface area (Å²) in [6.07, 6.45) is -15.7. The number of aldehydes is 1. The first-order chi connectivity index (χ1) is 15.6. The summed E-state index contributed by atoms with van der Waals surface area (Å²) in [4.78, 5) is 21.5. The van der Waals surface area contributed by atoms with Crippen LogP contribution in [0, 0.1) is 0 Å². The van der Waals surface area contributed by atoms with E-state index < -0.39 is 68.3 Å². The highest BCUT2D eigenvalue weighted by Crippen LogP contribution is 2.24. The van der Waals surface area contributed by atoms with Crippen LogP contribution in [0.4, 0.5) is 0 Å². The molecule has 0 bridgehead atoms. The molecule has 0 aromatic heterocycles. The van der Waals surface area contributed by atoms with Crippen molar-refractivity contribution in [3.63, 3.8) is 0 Å². The molecule has 14 nitrogen and oxygen atoms in total. The SMILES string of the molecule is NNC(=O)c1ccccc1.O=C[C@H](O)[C@@H](O[C@@H]1O[C@H](CO)[C@@H](O)[C@H](O)[C@H]1O)[C@H](O)[C@H](O)CO. The number of nitrogen functional groups attached to an aromatic ring is 1. The summed E-state index contributed by atoms with van der Waals surface area (Å²) < 4.78 is 10.0. The molecule has 0 saturated carbocycles. The van der Waals surface area contributed by atoms with Gasteiger partial charge in [0.1, 0.15) is 48.8 Å². The molecule has 11 N–H and O–H groups in total. The van der Waals surface area contributed by atoms with Crippen molar-refractivity contribution in [2.24, 2.45) is 5.84 Å². The van der Waals surface area contributed by atoms with Crippen LogP contribution in [0.1, 0.15) is 10.4 Å². The van der Waals surface area contributed by atoms with Crippen molar-refractivity contribution in [1.82, 2.24) is 5.43 Å². The lowest BCUT2D eigenvalue weighted by Crippen LogP contribution is -2.61. The van der Waals surface area contributed by atoms with E-state index in [0.29, 0.717) is 5.56 Å². The van der Waals surface area contributed by atoms with E-state index in [2.05, 4.69) is 0 Å². The van der Waals surface area contributed by atoms with Crippen LogP contribution in [-0.4, -0.2) is 121 Å². The van der Waals surface area contributed by atoms with E-state index in [4.69, 9.17) is 25.5 Å². The number of hydrazine groups is 1. The normalized spacial score (nSPS) is 28.5. The molecule has 0 aliphatic carbocycles. The van der Waals surface area contributed by atoms with Crippen molar-refractivity contribution in [1.29, 1.82) is 0 Å². The van der Waals surface area contributed by atoms with Crippen LogP contribution in [-0.2, 0) is 14.3 Å². The van der Waals surface area contributed by atoms with Crippen molar-refractivity contribution in [3.8, 4) is 0 Å². The van der Waals surface area contributed by atoms with E-state index in [9.17, 15) is 40.2 Å². The lowest BCUT2D eigenvalue weighted by atomic mass is 9.98. The van der Waals surface area contributed by atoms with Gasteiger partial charge in [0.25, 0.3) is 5.91 Å². The zero-order valence-corrected chi connectivity index (χ0v) is 17.4. The topological polar surface area (TPSA) is 252 Å². The highest BCUT2D eigenvalue weighted by molar-refractivity contribution is 5.93. The van der Waals surface area contributed by atoms with Crippen molar-refractivity contribution >= 4 is 12.2 Å². The number of carbonyl (C=O) groups excluding carboxylic acids is 2. The lowest BCUT2D eigenvalue weighted by molar-refractivity contribution is -0.324. The van der Waals surface area contributed by atoms with Crippen molar-refractivity contribution < 1.29 is 59.9 Å².